The van der Waals surface area contributed by atoms with E-state index in [1.54, 1.807) is 0 Å². The molecule has 0 amide bonds. The summed E-state index contributed by atoms with van der Waals surface area (Å²) < 4.78 is 46.9. The molecule has 0 fully saturated rings. The second-order valence-corrected chi connectivity index (χ2v) is 3.13. The second kappa shape index (κ2) is 4.61. The van der Waals surface area contributed by atoms with Gasteiger partial charge in [0, 0.05) is 0 Å². The number of halogens is 3. The largest absolute Gasteiger partial charge is 0.493 e. The third-order valence-corrected chi connectivity index (χ3v) is 2.12. The molecule has 0 saturated carbocycles. The molecule has 1 unspecified atom stereocenters. The van der Waals surface area contributed by atoms with Crippen LogP contribution in [0.3, 0.4) is 0 Å². The number of hydrogen-bond donors (Lipinski definition) is 1. The fourth-order valence-electron chi connectivity index (χ4n) is 1.24. The zero-order valence-corrected chi connectivity index (χ0v) is 8.84. The van der Waals surface area contributed by atoms with E-state index in [0.29, 0.717) is 5.75 Å². The smallest absolute Gasteiger partial charge is 0.407 e. The number of benzene rings is 1. The molecule has 1 rings (SSSR count). The number of nitrogens with two attached hydrogens (primary N) is 1. The van der Waals surface area contributed by atoms with E-state index >= 15 is 0 Å². The molecule has 3 nitrogen and oxygen atoms in total. The van der Waals surface area contributed by atoms with Crippen molar-refractivity contribution in [1.29, 1.82) is 0 Å². The summed E-state index contributed by atoms with van der Waals surface area (Å²) in [5.74, 6) is 0.584. The average Bonchev–Trinajstić information content (AvgIpc) is 2.25. The van der Waals surface area contributed by atoms with Gasteiger partial charge in [-0.3, -0.25) is 0 Å². The Bertz CT molecular complexity index is 366. The van der Waals surface area contributed by atoms with Crippen LogP contribution in [0.4, 0.5) is 13.2 Å². The number of hydrogen-bond acceptors (Lipinski definition) is 3. The molecule has 0 spiro atoms. The van der Waals surface area contributed by atoms with Crippen LogP contribution in [-0.4, -0.2) is 20.4 Å². The lowest BCUT2D eigenvalue weighted by molar-refractivity contribution is -0.149. The van der Waals surface area contributed by atoms with Crippen molar-refractivity contribution in [3.8, 4) is 11.5 Å². The SMILES string of the molecule is COc1ccc(C(N)C(F)(F)F)cc1OC. The third-order valence-electron chi connectivity index (χ3n) is 2.12. The molecule has 0 aliphatic rings. The van der Waals surface area contributed by atoms with Gasteiger partial charge >= 0.3 is 6.18 Å². The van der Waals surface area contributed by atoms with E-state index in [0.717, 1.165) is 0 Å². The van der Waals surface area contributed by atoms with Crippen LogP contribution in [0.25, 0.3) is 0 Å². The predicted molar refractivity (Wildman–Crippen MR) is 52.5 cm³/mol. The molecule has 2 N–H and O–H groups in total. The molecule has 16 heavy (non-hydrogen) atoms. The normalized spacial score (nSPS) is 13.4. The molecule has 0 aliphatic heterocycles. The molecule has 0 heterocycles. The first kappa shape index (κ1) is 12.6. The summed E-state index contributed by atoms with van der Waals surface area (Å²) in [5, 5.41) is 0. The van der Waals surface area contributed by atoms with Gasteiger partial charge in [0.1, 0.15) is 6.04 Å². The van der Waals surface area contributed by atoms with Crippen molar-refractivity contribution in [2.45, 2.75) is 12.2 Å². The maximum atomic E-state index is 12.4. The highest BCUT2D eigenvalue weighted by atomic mass is 19.4. The van der Waals surface area contributed by atoms with Gasteiger partial charge in [0.2, 0.25) is 0 Å². The van der Waals surface area contributed by atoms with Crippen LogP contribution in [0.1, 0.15) is 11.6 Å². The molecule has 1 aromatic carbocycles. The van der Waals surface area contributed by atoms with Crippen LogP contribution in [-0.2, 0) is 0 Å². The first-order chi connectivity index (χ1) is 7.40. The quantitative estimate of drug-likeness (QED) is 0.874. The summed E-state index contributed by atoms with van der Waals surface area (Å²) in [7, 11) is 2.75. The van der Waals surface area contributed by atoms with E-state index in [2.05, 4.69) is 0 Å². The lowest BCUT2D eigenvalue weighted by Gasteiger charge is -2.17. The zero-order valence-electron chi connectivity index (χ0n) is 8.84. The second-order valence-electron chi connectivity index (χ2n) is 3.13. The van der Waals surface area contributed by atoms with Gasteiger partial charge in [-0.2, -0.15) is 13.2 Å². The summed E-state index contributed by atoms with van der Waals surface area (Å²) in [5.41, 5.74) is 5.00. The molecule has 90 valence electrons. The van der Waals surface area contributed by atoms with E-state index in [4.69, 9.17) is 15.2 Å². The van der Waals surface area contributed by atoms with Crippen molar-refractivity contribution in [2.24, 2.45) is 5.73 Å². The van der Waals surface area contributed by atoms with Crippen molar-refractivity contribution in [1.82, 2.24) is 0 Å². The average molecular weight is 235 g/mol. The van der Waals surface area contributed by atoms with Crippen LogP contribution in [0.2, 0.25) is 0 Å². The summed E-state index contributed by atoms with van der Waals surface area (Å²) in [6.07, 6.45) is -4.47. The Morgan fingerprint density at radius 1 is 1.12 bits per heavy atom. The highest BCUT2D eigenvalue weighted by Crippen LogP contribution is 2.35. The van der Waals surface area contributed by atoms with Crippen LogP contribution in [0, 0.1) is 0 Å². The summed E-state index contributed by atoms with van der Waals surface area (Å²) in [6, 6.07) is 1.85. The van der Waals surface area contributed by atoms with E-state index in [1.807, 2.05) is 0 Å². The van der Waals surface area contributed by atoms with Crippen molar-refractivity contribution >= 4 is 0 Å². The molecular weight excluding hydrogens is 223 g/mol. The Balaban J connectivity index is 3.08. The van der Waals surface area contributed by atoms with Crippen LogP contribution >= 0.6 is 0 Å². The minimum atomic E-state index is -4.47. The number of ether oxygens (including phenoxy) is 2. The molecule has 6 heteroatoms. The van der Waals surface area contributed by atoms with Crippen LogP contribution < -0.4 is 15.2 Å². The van der Waals surface area contributed by atoms with Gasteiger partial charge in [0.15, 0.2) is 11.5 Å². The molecule has 0 saturated heterocycles. The highest BCUT2D eigenvalue weighted by Gasteiger charge is 2.38. The Morgan fingerprint density at radius 2 is 1.69 bits per heavy atom. The maximum Gasteiger partial charge on any atom is 0.407 e. The monoisotopic (exact) mass is 235 g/mol. The standard InChI is InChI=1S/C10H12F3NO2/c1-15-7-4-3-6(5-8(7)16-2)9(14)10(11,12)13/h3-5,9H,14H2,1-2H3. The minimum absolute atomic E-state index is 0.0647. The molecule has 0 radical (unpaired) electrons. The fraction of sp³-hybridized carbons (Fsp3) is 0.400. The van der Waals surface area contributed by atoms with Crippen LogP contribution in [0.5, 0.6) is 11.5 Å². The van der Waals surface area contributed by atoms with Crippen molar-refractivity contribution in [2.75, 3.05) is 14.2 Å². The predicted octanol–water partition coefficient (Wildman–Crippen LogP) is 2.27. The van der Waals surface area contributed by atoms with Crippen molar-refractivity contribution < 1.29 is 22.6 Å². The van der Waals surface area contributed by atoms with Gasteiger partial charge in [-0.1, -0.05) is 6.07 Å². The van der Waals surface area contributed by atoms with E-state index in [1.165, 1.54) is 32.4 Å². The number of rotatable bonds is 3. The topological polar surface area (TPSA) is 44.5 Å². The van der Waals surface area contributed by atoms with Crippen LogP contribution in [0.15, 0.2) is 18.2 Å². The molecular formula is C10H12F3NO2. The molecule has 0 aromatic heterocycles. The Labute approximate surface area is 91.0 Å². The Morgan fingerprint density at radius 3 is 2.12 bits per heavy atom. The molecule has 1 atom stereocenters. The van der Waals surface area contributed by atoms with Gasteiger partial charge < -0.3 is 15.2 Å². The third kappa shape index (κ3) is 2.57. The number of alkyl halides is 3. The summed E-state index contributed by atoms with van der Waals surface area (Å²) in [4.78, 5) is 0. The van der Waals surface area contributed by atoms with Gasteiger partial charge in [-0.25, -0.2) is 0 Å². The fourth-order valence-corrected chi connectivity index (χ4v) is 1.24. The van der Waals surface area contributed by atoms with Crippen molar-refractivity contribution in [3.05, 3.63) is 23.8 Å². The Hall–Kier alpha value is -1.43. The van der Waals surface area contributed by atoms with Gasteiger partial charge in [0.05, 0.1) is 14.2 Å². The van der Waals surface area contributed by atoms with Gasteiger partial charge in [-0.05, 0) is 17.7 Å². The zero-order chi connectivity index (χ0) is 12.3. The summed E-state index contributed by atoms with van der Waals surface area (Å²) in [6.45, 7) is 0. The first-order valence-electron chi connectivity index (χ1n) is 4.44. The lowest BCUT2D eigenvalue weighted by atomic mass is 10.1. The lowest BCUT2D eigenvalue weighted by Crippen LogP contribution is -2.28. The van der Waals surface area contributed by atoms with Gasteiger partial charge in [0.25, 0.3) is 0 Å². The minimum Gasteiger partial charge on any atom is -0.493 e. The van der Waals surface area contributed by atoms with Gasteiger partial charge in [-0.15, -0.1) is 0 Å². The summed E-state index contributed by atoms with van der Waals surface area (Å²) >= 11 is 0. The van der Waals surface area contributed by atoms with E-state index < -0.39 is 12.2 Å². The van der Waals surface area contributed by atoms with E-state index in [9.17, 15) is 13.2 Å². The van der Waals surface area contributed by atoms with Crippen molar-refractivity contribution in [3.63, 3.8) is 0 Å². The van der Waals surface area contributed by atoms with E-state index in [-0.39, 0.29) is 11.3 Å². The Kier molecular flexibility index (Phi) is 3.64. The number of methoxy groups -OCH3 is 2. The highest BCUT2D eigenvalue weighted by molar-refractivity contribution is 5.43. The first-order valence-corrected chi connectivity index (χ1v) is 4.44. The maximum absolute atomic E-state index is 12.4. The molecule has 0 bridgehead atoms. The molecule has 0 aliphatic carbocycles. The molecule has 1 aromatic rings.